The Bertz CT molecular complexity index is 534. The lowest BCUT2D eigenvalue weighted by Crippen LogP contribution is -1.88. The lowest BCUT2D eigenvalue weighted by molar-refractivity contribution is 1.22. The van der Waals surface area contributed by atoms with Gasteiger partial charge in [-0.1, -0.05) is 23.8 Å². The topological polar surface area (TPSA) is 25.2 Å². The summed E-state index contributed by atoms with van der Waals surface area (Å²) in [5.41, 5.74) is 6.02. The van der Waals surface area contributed by atoms with Gasteiger partial charge in [-0.2, -0.15) is 0 Å². The molecule has 2 heteroatoms. The van der Waals surface area contributed by atoms with E-state index >= 15 is 0 Å². The molecule has 0 aliphatic heterocycles. The summed E-state index contributed by atoms with van der Waals surface area (Å²) in [7, 11) is 0. The highest BCUT2D eigenvalue weighted by atomic mass is 14.7. The number of nitrogens with zero attached hydrogens (tertiary/aromatic N) is 2. The van der Waals surface area contributed by atoms with E-state index in [1.807, 2.05) is 18.5 Å². The minimum atomic E-state index is 0.820. The fourth-order valence-corrected chi connectivity index (χ4v) is 2.14. The van der Waals surface area contributed by atoms with Crippen molar-refractivity contribution in [2.75, 3.05) is 0 Å². The predicted octanol–water partition coefficient (Wildman–Crippen LogP) is 3.95. The van der Waals surface area contributed by atoms with Crippen molar-refractivity contribution in [3.8, 4) is 0 Å². The normalized spacial score (nSPS) is 11.1. The summed E-state index contributed by atoms with van der Waals surface area (Å²) in [5, 5.41) is 0. The molecule has 0 aliphatic carbocycles. The Morgan fingerprint density at radius 2 is 1.89 bits per heavy atom. The Labute approximate surface area is 108 Å². The molecule has 0 fully saturated rings. The Kier molecular flexibility index (Phi) is 3.88. The van der Waals surface area contributed by atoms with E-state index in [1.165, 1.54) is 22.3 Å². The van der Waals surface area contributed by atoms with Crippen LogP contribution in [0.3, 0.4) is 0 Å². The molecular weight excluding hydrogens is 220 g/mol. The number of hydrogen-bond donors (Lipinski definition) is 0. The molecule has 2 aromatic rings. The predicted molar refractivity (Wildman–Crippen MR) is 76.7 cm³/mol. The van der Waals surface area contributed by atoms with Gasteiger partial charge in [0.2, 0.25) is 0 Å². The number of aromatic nitrogens is 1. The van der Waals surface area contributed by atoms with Gasteiger partial charge >= 0.3 is 0 Å². The van der Waals surface area contributed by atoms with Crippen LogP contribution in [0.25, 0.3) is 0 Å². The van der Waals surface area contributed by atoms with Crippen LogP contribution in [0, 0.1) is 20.8 Å². The maximum atomic E-state index is 4.59. The van der Waals surface area contributed by atoms with E-state index in [0.717, 1.165) is 12.1 Å². The third-order valence-corrected chi connectivity index (χ3v) is 2.91. The minimum absolute atomic E-state index is 0.820. The van der Waals surface area contributed by atoms with Crippen LogP contribution in [0.2, 0.25) is 0 Å². The van der Waals surface area contributed by atoms with Crippen molar-refractivity contribution >= 4 is 11.9 Å². The zero-order valence-electron chi connectivity index (χ0n) is 11.1. The summed E-state index contributed by atoms with van der Waals surface area (Å²) in [6, 6.07) is 8.35. The first kappa shape index (κ1) is 12.5. The van der Waals surface area contributed by atoms with Gasteiger partial charge in [0.1, 0.15) is 0 Å². The summed E-state index contributed by atoms with van der Waals surface area (Å²) < 4.78 is 0. The Morgan fingerprint density at radius 3 is 2.50 bits per heavy atom. The first-order valence-corrected chi connectivity index (χ1v) is 6.16. The van der Waals surface area contributed by atoms with E-state index in [0.29, 0.717) is 0 Å². The van der Waals surface area contributed by atoms with Crippen LogP contribution in [0.4, 0.5) is 5.69 Å². The van der Waals surface area contributed by atoms with Gasteiger partial charge in [-0.3, -0.25) is 9.98 Å². The maximum absolute atomic E-state index is 4.59. The number of aryl methyl sites for hydroxylation is 3. The minimum Gasteiger partial charge on any atom is -0.264 e. The summed E-state index contributed by atoms with van der Waals surface area (Å²) in [6.45, 7) is 6.33. The molecule has 0 saturated heterocycles. The fraction of sp³-hybridized carbons (Fsp3) is 0.250. The van der Waals surface area contributed by atoms with Gasteiger partial charge in [0.25, 0.3) is 0 Å². The zero-order chi connectivity index (χ0) is 13.0. The second-order valence-corrected chi connectivity index (χ2v) is 4.62. The largest absolute Gasteiger partial charge is 0.264 e. The number of rotatable bonds is 3. The van der Waals surface area contributed by atoms with Crippen molar-refractivity contribution in [1.29, 1.82) is 0 Å². The zero-order valence-corrected chi connectivity index (χ0v) is 11.1. The molecule has 1 heterocycles. The van der Waals surface area contributed by atoms with Crippen molar-refractivity contribution in [3.05, 3.63) is 58.9 Å². The highest BCUT2D eigenvalue weighted by Crippen LogP contribution is 2.24. The lowest BCUT2D eigenvalue weighted by atomic mass is 10.1. The molecule has 0 aliphatic rings. The van der Waals surface area contributed by atoms with Gasteiger partial charge in [-0.25, -0.2) is 0 Å². The van der Waals surface area contributed by atoms with E-state index in [2.05, 4.69) is 48.9 Å². The summed E-state index contributed by atoms with van der Waals surface area (Å²) in [5.74, 6) is 0. The van der Waals surface area contributed by atoms with Crippen molar-refractivity contribution < 1.29 is 0 Å². The van der Waals surface area contributed by atoms with E-state index in [-0.39, 0.29) is 0 Å². The summed E-state index contributed by atoms with van der Waals surface area (Å²) >= 11 is 0. The molecule has 0 saturated carbocycles. The molecule has 0 bridgehead atoms. The van der Waals surface area contributed by atoms with Gasteiger partial charge in [-0.15, -0.1) is 0 Å². The van der Waals surface area contributed by atoms with Gasteiger partial charge in [0, 0.05) is 25.0 Å². The van der Waals surface area contributed by atoms with Crippen LogP contribution in [-0.4, -0.2) is 11.2 Å². The number of pyridine rings is 1. The first-order chi connectivity index (χ1) is 8.66. The van der Waals surface area contributed by atoms with E-state index in [9.17, 15) is 0 Å². The molecule has 2 nitrogen and oxygen atoms in total. The average Bonchev–Trinajstić information content (AvgIpc) is 2.34. The van der Waals surface area contributed by atoms with Gasteiger partial charge in [0.15, 0.2) is 0 Å². The van der Waals surface area contributed by atoms with E-state index < -0.39 is 0 Å². The fourth-order valence-electron chi connectivity index (χ4n) is 2.14. The Hall–Kier alpha value is -1.96. The second kappa shape index (κ2) is 5.58. The molecule has 2 rings (SSSR count). The van der Waals surface area contributed by atoms with Gasteiger partial charge < -0.3 is 0 Å². The molecule has 0 atom stereocenters. The Balaban J connectivity index is 2.15. The number of benzene rings is 1. The third kappa shape index (κ3) is 3.04. The van der Waals surface area contributed by atoms with Crippen LogP contribution < -0.4 is 0 Å². The molecule has 0 N–H and O–H groups in total. The van der Waals surface area contributed by atoms with Crippen molar-refractivity contribution in [2.45, 2.75) is 27.2 Å². The molecule has 0 amide bonds. The smallest absolute Gasteiger partial charge is 0.0684 e. The molecular formula is C16H18N2. The summed E-state index contributed by atoms with van der Waals surface area (Å²) in [4.78, 5) is 8.68. The number of hydrogen-bond acceptors (Lipinski definition) is 2. The van der Waals surface area contributed by atoms with Gasteiger partial charge in [-0.05, 0) is 43.5 Å². The molecule has 0 spiro atoms. The average molecular weight is 238 g/mol. The first-order valence-electron chi connectivity index (χ1n) is 6.16. The van der Waals surface area contributed by atoms with Crippen LogP contribution in [0.1, 0.15) is 22.3 Å². The lowest BCUT2D eigenvalue weighted by Gasteiger charge is -2.06. The molecule has 0 unspecified atom stereocenters. The quantitative estimate of drug-likeness (QED) is 0.743. The highest BCUT2D eigenvalue weighted by Gasteiger charge is 2.01. The van der Waals surface area contributed by atoms with Crippen molar-refractivity contribution in [3.63, 3.8) is 0 Å². The van der Waals surface area contributed by atoms with Gasteiger partial charge in [0.05, 0.1) is 5.69 Å². The summed E-state index contributed by atoms with van der Waals surface area (Å²) in [6.07, 6.45) is 6.44. The van der Waals surface area contributed by atoms with Crippen LogP contribution in [-0.2, 0) is 6.42 Å². The molecule has 0 radical (unpaired) electrons. The standard InChI is InChI=1S/C16H18N2/c1-12-9-13(2)16(14(3)10-12)18-8-6-15-5-4-7-17-11-15/h4-5,7-11H,6H2,1-3H3. The monoisotopic (exact) mass is 238 g/mol. The van der Waals surface area contributed by atoms with Crippen LogP contribution in [0.15, 0.2) is 41.7 Å². The molecule has 1 aromatic heterocycles. The highest BCUT2D eigenvalue weighted by molar-refractivity contribution is 5.69. The second-order valence-electron chi connectivity index (χ2n) is 4.62. The molecule has 1 aromatic carbocycles. The maximum Gasteiger partial charge on any atom is 0.0684 e. The SMILES string of the molecule is Cc1cc(C)c(N=CCc2cccnc2)c(C)c1. The van der Waals surface area contributed by atoms with Crippen molar-refractivity contribution in [1.82, 2.24) is 4.98 Å². The third-order valence-electron chi connectivity index (χ3n) is 2.91. The van der Waals surface area contributed by atoms with Crippen LogP contribution >= 0.6 is 0 Å². The molecule has 18 heavy (non-hydrogen) atoms. The Morgan fingerprint density at radius 1 is 1.17 bits per heavy atom. The van der Waals surface area contributed by atoms with E-state index in [1.54, 1.807) is 6.20 Å². The molecule has 92 valence electrons. The van der Waals surface area contributed by atoms with Crippen LogP contribution in [0.5, 0.6) is 0 Å². The van der Waals surface area contributed by atoms with Crippen molar-refractivity contribution in [2.24, 2.45) is 4.99 Å². The van der Waals surface area contributed by atoms with E-state index in [4.69, 9.17) is 0 Å². The number of aliphatic imine (C=N–C) groups is 1.